The number of hydrogen-bond donors (Lipinski definition) is 1. The minimum Gasteiger partial charge on any atom is -0.388 e. The molecule has 0 spiro atoms. The van der Waals surface area contributed by atoms with Crippen molar-refractivity contribution >= 4 is 5.91 Å². The van der Waals surface area contributed by atoms with E-state index in [2.05, 4.69) is 4.98 Å². The SMILES string of the molecule is O=C(CC[C@H](O)c1ccncc1)N1CC[C@H](F)C1. The Labute approximate surface area is 105 Å². The second-order valence-corrected chi connectivity index (χ2v) is 4.56. The molecule has 0 saturated carbocycles. The normalized spacial score (nSPS) is 21.0. The van der Waals surface area contributed by atoms with Gasteiger partial charge in [0.2, 0.25) is 5.91 Å². The molecule has 1 saturated heterocycles. The zero-order valence-electron chi connectivity index (χ0n) is 10.1. The Morgan fingerprint density at radius 1 is 1.56 bits per heavy atom. The second kappa shape index (κ2) is 5.91. The molecule has 1 amide bonds. The molecule has 98 valence electrons. The van der Waals surface area contributed by atoms with Crippen molar-refractivity contribution in [1.82, 2.24) is 9.88 Å². The van der Waals surface area contributed by atoms with Gasteiger partial charge in [-0.3, -0.25) is 9.78 Å². The fourth-order valence-electron chi connectivity index (χ4n) is 2.11. The maximum atomic E-state index is 12.9. The van der Waals surface area contributed by atoms with Crippen LogP contribution in [0.5, 0.6) is 0 Å². The molecule has 0 radical (unpaired) electrons. The van der Waals surface area contributed by atoms with Gasteiger partial charge in [-0.25, -0.2) is 4.39 Å². The van der Waals surface area contributed by atoms with Gasteiger partial charge in [0.15, 0.2) is 0 Å². The van der Waals surface area contributed by atoms with Gasteiger partial charge in [0.05, 0.1) is 12.6 Å². The number of aliphatic hydroxyl groups is 1. The van der Waals surface area contributed by atoms with E-state index in [0.717, 1.165) is 5.56 Å². The molecule has 0 unspecified atom stereocenters. The van der Waals surface area contributed by atoms with Gasteiger partial charge >= 0.3 is 0 Å². The molecule has 0 aromatic carbocycles. The van der Waals surface area contributed by atoms with E-state index in [1.165, 1.54) is 4.90 Å². The zero-order chi connectivity index (χ0) is 13.0. The molecule has 1 aromatic heterocycles. The van der Waals surface area contributed by atoms with Crippen molar-refractivity contribution in [2.45, 2.75) is 31.5 Å². The van der Waals surface area contributed by atoms with Crippen LogP contribution in [0, 0.1) is 0 Å². The summed E-state index contributed by atoms with van der Waals surface area (Å²) in [6.07, 6.45) is 2.69. The number of carbonyl (C=O) groups excluding carboxylic acids is 1. The number of amides is 1. The van der Waals surface area contributed by atoms with Crippen LogP contribution in [-0.2, 0) is 4.79 Å². The molecule has 0 aliphatic carbocycles. The quantitative estimate of drug-likeness (QED) is 0.882. The van der Waals surface area contributed by atoms with E-state index in [1.807, 2.05) is 0 Å². The van der Waals surface area contributed by atoms with Crippen LogP contribution in [0.1, 0.15) is 30.9 Å². The smallest absolute Gasteiger partial charge is 0.222 e. The molecule has 18 heavy (non-hydrogen) atoms. The molecule has 0 bridgehead atoms. The highest BCUT2D eigenvalue weighted by molar-refractivity contribution is 5.76. The Hall–Kier alpha value is -1.49. The van der Waals surface area contributed by atoms with Crippen molar-refractivity contribution in [2.24, 2.45) is 0 Å². The molecule has 1 N–H and O–H groups in total. The van der Waals surface area contributed by atoms with Gasteiger partial charge in [-0.05, 0) is 30.5 Å². The van der Waals surface area contributed by atoms with Crippen molar-refractivity contribution in [1.29, 1.82) is 0 Å². The number of rotatable bonds is 4. The lowest BCUT2D eigenvalue weighted by Gasteiger charge is -2.16. The minimum atomic E-state index is -0.890. The van der Waals surface area contributed by atoms with Crippen LogP contribution in [0.3, 0.4) is 0 Å². The van der Waals surface area contributed by atoms with Crippen molar-refractivity contribution in [3.63, 3.8) is 0 Å². The Kier molecular flexibility index (Phi) is 4.25. The average Bonchev–Trinajstić information content (AvgIpc) is 2.83. The van der Waals surface area contributed by atoms with Crippen LogP contribution in [-0.4, -0.2) is 40.2 Å². The van der Waals surface area contributed by atoms with Gasteiger partial charge in [-0.2, -0.15) is 0 Å². The van der Waals surface area contributed by atoms with Gasteiger partial charge in [0, 0.05) is 25.4 Å². The number of aliphatic hydroxyl groups excluding tert-OH is 1. The molecule has 2 heterocycles. The third-order valence-corrected chi connectivity index (χ3v) is 3.21. The maximum absolute atomic E-state index is 12.9. The molecular formula is C13H17FN2O2. The largest absolute Gasteiger partial charge is 0.388 e. The lowest BCUT2D eigenvalue weighted by atomic mass is 10.1. The van der Waals surface area contributed by atoms with Crippen LogP contribution < -0.4 is 0 Å². The van der Waals surface area contributed by atoms with Crippen molar-refractivity contribution in [2.75, 3.05) is 13.1 Å². The van der Waals surface area contributed by atoms with Crippen LogP contribution in [0.25, 0.3) is 0 Å². The molecule has 4 nitrogen and oxygen atoms in total. The lowest BCUT2D eigenvalue weighted by molar-refractivity contribution is -0.130. The molecule has 2 atom stereocenters. The van der Waals surface area contributed by atoms with E-state index in [9.17, 15) is 14.3 Å². The number of nitrogens with zero attached hydrogens (tertiary/aromatic N) is 2. The zero-order valence-corrected chi connectivity index (χ0v) is 10.1. The van der Waals surface area contributed by atoms with Crippen LogP contribution >= 0.6 is 0 Å². The maximum Gasteiger partial charge on any atom is 0.222 e. The first-order valence-corrected chi connectivity index (χ1v) is 6.16. The monoisotopic (exact) mass is 252 g/mol. The van der Waals surface area contributed by atoms with Crippen LogP contribution in [0.15, 0.2) is 24.5 Å². The number of alkyl halides is 1. The summed E-state index contributed by atoms with van der Waals surface area (Å²) in [6.45, 7) is 0.690. The summed E-state index contributed by atoms with van der Waals surface area (Å²) in [5.41, 5.74) is 0.752. The predicted octanol–water partition coefficient (Wildman–Crippen LogP) is 1.47. The average molecular weight is 252 g/mol. The van der Waals surface area contributed by atoms with E-state index in [-0.39, 0.29) is 18.9 Å². The van der Waals surface area contributed by atoms with E-state index < -0.39 is 12.3 Å². The summed E-state index contributed by atoms with van der Waals surface area (Å²) in [5, 5.41) is 9.89. The lowest BCUT2D eigenvalue weighted by Crippen LogP contribution is -2.29. The number of likely N-dealkylation sites (tertiary alicyclic amines) is 1. The van der Waals surface area contributed by atoms with Gasteiger partial charge in [0.1, 0.15) is 6.17 Å². The van der Waals surface area contributed by atoms with E-state index >= 15 is 0 Å². The molecule has 2 rings (SSSR count). The standard InChI is InChI=1S/C13H17FN2O2/c14-11-5-8-16(9-11)13(18)2-1-12(17)10-3-6-15-7-4-10/h3-4,6-7,11-12,17H,1-2,5,8-9H2/t11-,12-/m0/s1. The van der Waals surface area contributed by atoms with Gasteiger partial charge in [-0.1, -0.05) is 0 Å². The van der Waals surface area contributed by atoms with Crippen molar-refractivity contribution in [3.8, 4) is 0 Å². The molecular weight excluding hydrogens is 235 g/mol. The minimum absolute atomic E-state index is 0.0803. The summed E-state index contributed by atoms with van der Waals surface area (Å²) in [6, 6.07) is 3.45. The van der Waals surface area contributed by atoms with E-state index in [4.69, 9.17) is 0 Å². The first-order chi connectivity index (χ1) is 8.66. The summed E-state index contributed by atoms with van der Waals surface area (Å²) >= 11 is 0. The first-order valence-electron chi connectivity index (χ1n) is 6.16. The third-order valence-electron chi connectivity index (χ3n) is 3.21. The summed E-state index contributed by atoms with van der Waals surface area (Å²) in [4.78, 5) is 17.2. The topological polar surface area (TPSA) is 53.4 Å². The Morgan fingerprint density at radius 3 is 2.89 bits per heavy atom. The summed E-state index contributed by atoms with van der Waals surface area (Å²) in [7, 11) is 0. The number of pyridine rings is 1. The fourth-order valence-corrected chi connectivity index (χ4v) is 2.11. The second-order valence-electron chi connectivity index (χ2n) is 4.56. The molecule has 1 aliphatic heterocycles. The Morgan fingerprint density at radius 2 is 2.28 bits per heavy atom. The number of aromatic nitrogens is 1. The first kappa shape index (κ1) is 13.0. The predicted molar refractivity (Wildman–Crippen MR) is 64.5 cm³/mol. The Bertz CT molecular complexity index is 399. The van der Waals surface area contributed by atoms with E-state index in [1.54, 1.807) is 24.5 Å². The van der Waals surface area contributed by atoms with Crippen molar-refractivity contribution in [3.05, 3.63) is 30.1 Å². The van der Waals surface area contributed by atoms with Crippen molar-refractivity contribution < 1.29 is 14.3 Å². The number of halogens is 1. The van der Waals surface area contributed by atoms with E-state index in [0.29, 0.717) is 19.4 Å². The van der Waals surface area contributed by atoms with Gasteiger partial charge in [0.25, 0.3) is 0 Å². The highest BCUT2D eigenvalue weighted by Crippen LogP contribution is 2.19. The highest BCUT2D eigenvalue weighted by atomic mass is 19.1. The summed E-state index contributed by atoms with van der Waals surface area (Å²) < 4.78 is 12.9. The summed E-state index contributed by atoms with van der Waals surface area (Å²) in [5.74, 6) is -0.0803. The van der Waals surface area contributed by atoms with Crippen LogP contribution in [0.2, 0.25) is 0 Å². The third kappa shape index (κ3) is 3.26. The number of hydrogen-bond acceptors (Lipinski definition) is 3. The highest BCUT2D eigenvalue weighted by Gasteiger charge is 2.25. The van der Waals surface area contributed by atoms with Gasteiger partial charge < -0.3 is 10.0 Å². The molecule has 1 aromatic rings. The number of carbonyl (C=O) groups is 1. The molecule has 1 fully saturated rings. The molecule has 1 aliphatic rings. The Balaban J connectivity index is 1.79. The van der Waals surface area contributed by atoms with Gasteiger partial charge in [-0.15, -0.1) is 0 Å². The fraction of sp³-hybridized carbons (Fsp3) is 0.538. The van der Waals surface area contributed by atoms with Crippen LogP contribution in [0.4, 0.5) is 4.39 Å². The molecule has 5 heteroatoms.